The van der Waals surface area contributed by atoms with E-state index in [9.17, 15) is 0 Å². The van der Waals surface area contributed by atoms with Crippen LogP contribution in [0.15, 0.2) is 18.2 Å². The van der Waals surface area contributed by atoms with E-state index >= 15 is 0 Å². The molecule has 0 atom stereocenters. The molecule has 1 aromatic carbocycles. The number of nitrogens with one attached hydrogen (secondary N) is 1. The van der Waals surface area contributed by atoms with E-state index in [4.69, 9.17) is 21.7 Å². The van der Waals surface area contributed by atoms with E-state index in [1.807, 2.05) is 0 Å². The molecule has 1 aromatic rings. The average molecular weight is 306 g/mol. The molecule has 2 saturated heterocycles. The van der Waals surface area contributed by atoms with E-state index in [1.54, 1.807) is 0 Å². The van der Waals surface area contributed by atoms with Crippen molar-refractivity contribution in [2.75, 3.05) is 31.6 Å². The van der Waals surface area contributed by atoms with Crippen LogP contribution in [0.25, 0.3) is 0 Å². The Morgan fingerprint density at radius 3 is 2.52 bits per heavy atom. The topological polar surface area (TPSA) is 33.7 Å². The third-order valence-electron chi connectivity index (χ3n) is 4.26. The monoisotopic (exact) mass is 306 g/mol. The van der Waals surface area contributed by atoms with Gasteiger partial charge in [-0.1, -0.05) is 12.1 Å². The van der Waals surface area contributed by atoms with Gasteiger partial charge >= 0.3 is 0 Å². The number of piperidine rings is 1. The Morgan fingerprint density at radius 2 is 1.86 bits per heavy atom. The zero-order valence-electron chi connectivity index (χ0n) is 12.6. The van der Waals surface area contributed by atoms with Gasteiger partial charge in [-0.3, -0.25) is 0 Å². The van der Waals surface area contributed by atoms with E-state index in [0.717, 1.165) is 36.7 Å². The third-order valence-corrected chi connectivity index (χ3v) is 4.62. The van der Waals surface area contributed by atoms with Crippen molar-refractivity contribution >= 4 is 23.0 Å². The maximum absolute atomic E-state index is 5.75. The highest BCUT2D eigenvalue weighted by molar-refractivity contribution is 7.80. The van der Waals surface area contributed by atoms with Crippen molar-refractivity contribution in [3.63, 3.8) is 0 Å². The van der Waals surface area contributed by atoms with Crippen LogP contribution in [0.4, 0.5) is 5.69 Å². The molecule has 0 aliphatic carbocycles. The molecule has 0 amide bonds. The van der Waals surface area contributed by atoms with Crippen LogP contribution < -0.4 is 5.32 Å². The van der Waals surface area contributed by atoms with Gasteiger partial charge in [0.25, 0.3) is 0 Å². The first-order valence-electron chi connectivity index (χ1n) is 7.49. The maximum Gasteiger partial charge on any atom is 0.173 e. The fourth-order valence-electron chi connectivity index (χ4n) is 2.90. The summed E-state index contributed by atoms with van der Waals surface area (Å²) in [4.78, 5) is 2.20. The minimum atomic E-state index is -0.342. The normalized spacial score (nSPS) is 20.8. The second kappa shape index (κ2) is 5.91. The molecule has 1 spiro atoms. The van der Waals surface area contributed by atoms with Gasteiger partial charge in [0.15, 0.2) is 10.9 Å². The fraction of sp³-hybridized carbons (Fsp3) is 0.562. The van der Waals surface area contributed by atoms with Gasteiger partial charge in [-0.15, -0.1) is 0 Å². The first-order chi connectivity index (χ1) is 10.1. The summed E-state index contributed by atoms with van der Waals surface area (Å²) in [5, 5.41) is 4.16. The zero-order chi connectivity index (χ0) is 14.9. The molecule has 0 saturated carbocycles. The minimum Gasteiger partial charge on any atom is -0.349 e. The van der Waals surface area contributed by atoms with Crippen LogP contribution in [-0.4, -0.2) is 42.1 Å². The second-order valence-electron chi connectivity index (χ2n) is 5.84. The maximum atomic E-state index is 5.75. The van der Waals surface area contributed by atoms with Crippen molar-refractivity contribution in [1.29, 1.82) is 0 Å². The van der Waals surface area contributed by atoms with E-state index in [-0.39, 0.29) is 5.79 Å². The lowest BCUT2D eigenvalue weighted by Gasteiger charge is -2.38. The molecule has 2 aliphatic rings. The van der Waals surface area contributed by atoms with Gasteiger partial charge in [0.2, 0.25) is 0 Å². The molecule has 1 N–H and O–H groups in total. The number of hydrogen-bond donors (Lipinski definition) is 1. The second-order valence-corrected chi connectivity index (χ2v) is 6.23. The smallest absolute Gasteiger partial charge is 0.173 e. The van der Waals surface area contributed by atoms with Gasteiger partial charge in [0, 0.05) is 31.6 Å². The molecule has 0 unspecified atom stereocenters. The molecule has 21 heavy (non-hydrogen) atoms. The molecular weight excluding hydrogens is 284 g/mol. The summed E-state index contributed by atoms with van der Waals surface area (Å²) in [6.45, 7) is 7.35. The van der Waals surface area contributed by atoms with Gasteiger partial charge in [0.1, 0.15) is 0 Å². The molecule has 0 radical (unpaired) electrons. The Bertz CT molecular complexity index is 531. The van der Waals surface area contributed by atoms with Crippen molar-refractivity contribution in [1.82, 2.24) is 4.90 Å². The molecule has 2 aliphatic heterocycles. The van der Waals surface area contributed by atoms with Crippen LogP contribution in [0.5, 0.6) is 0 Å². The van der Waals surface area contributed by atoms with Crippen LogP contribution in [0.3, 0.4) is 0 Å². The first kappa shape index (κ1) is 14.8. The Labute approximate surface area is 131 Å². The minimum absolute atomic E-state index is 0.342. The number of likely N-dealkylation sites (tertiary alicyclic amines) is 1. The predicted molar refractivity (Wildman–Crippen MR) is 87.6 cm³/mol. The number of aryl methyl sites for hydroxylation is 2. The molecule has 2 heterocycles. The van der Waals surface area contributed by atoms with Crippen molar-refractivity contribution in [3.05, 3.63) is 29.3 Å². The number of hydrogen-bond acceptors (Lipinski definition) is 3. The molecular formula is C16H22N2O2S. The SMILES string of the molecule is Cc1ccc(C)c(NC(=S)N2CCC3(CC2)OCCO3)c1. The number of anilines is 1. The highest BCUT2D eigenvalue weighted by atomic mass is 32.1. The summed E-state index contributed by atoms with van der Waals surface area (Å²) in [5.41, 5.74) is 3.53. The lowest BCUT2D eigenvalue weighted by molar-refractivity contribution is -0.180. The summed E-state index contributed by atoms with van der Waals surface area (Å²) < 4.78 is 11.5. The fourth-order valence-corrected chi connectivity index (χ4v) is 3.19. The number of ether oxygens (including phenoxy) is 2. The van der Waals surface area contributed by atoms with Crippen LogP contribution in [0.1, 0.15) is 24.0 Å². The van der Waals surface area contributed by atoms with E-state index < -0.39 is 0 Å². The highest BCUT2D eigenvalue weighted by Gasteiger charge is 2.40. The van der Waals surface area contributed by atoms with Crippen LogP contribution in [0, 0.1) is 13.8 Å². The Balaban J connectivity index is 1.60. The first-order valence-corrected chi connectivity index (χ1v) is 7.90. The number of benzene rings is 1. The summed E-state index contributed by atoms with van der Waals surface area (Å²) in [7, 11) is 0. The van der Waals surface area contributed by atoms with E-state index in [0.29, 0.717) is 13.2 Å². The molecule has 4 nitrogen and oxygen atoms in total. The summed E-state index contributed by atoms with van der Waals surface area (Å²) in [6, 6.07) is 6.37. The largest absolute Gasteiger partial charge is 0.349 e. The molecule has 3 rings (SSSR count). The zero-order valence-corrected chi connectivity index (χ0v) is 13.5. The number of thiocarbonyl (C=S) groups is 1. The Morgan fingerprint density at radius 1 is 1.19 bits per heavy atom. The lowest BCUT2D eigenvalue weighted by atomic mass is 10.0. The summed E-state index contributed by atoms with van der Waals surface area (Å²) >= 11 is 5.56. The molecule has 0 bridgehead atoms. The van der Waals surface area contributed by atoms with Gasteiger partial charge in [-0.05, 0) is 43.3 Å². The van der Waals surface area contributed by atoms with E-state index in [1.165, 1.54) is 11.1 Å². The van der Waals surface area contributed by atoms with E-state index in [2.05, 4.69) is 42.3 Å². The van der Waals surface area contributed by atoms with Crippen molar-refractivity contribution in [3.8, 4) is 0 Å². The van der Waals surface area contributed by atoms with Crippen LogP contribution in [0.2, 0.25) is 0 Å². The summed E-state index contributed by atoms with van der Waals surface area (Å²) in [6.07, 6.45) is 1.75. The van der Waals surface area contributed by atoms with Crippen LogP contribution in [-0.2, 0) is 9.47 Å². The molecule has 114 valence electrons. The average Bonchev–Trinajstić information content (AvgIpc) is 2.92. The lowest BCUT2D eigenvalue weighted by Crippen LogP contribution is -2.48. The van der Waals surface area contributed by atoms with Crippen molar-refractivity contribution in [2.24, 2.45) is 0 Å². The molecule has 0 aromatic heterocycles. The highest BCUT2D eigenvalue weighted by Crippen LogP contribution is 2.31. The standard InChI is InChI=1S/C16H22N2O2S/c1-12-3-4-13(2)14(11-12)17-15(21)18-7-5-16(6-8-18)19-9-10-20-16/h3-4,11H,5-10H2,1-2H3,(H,17,21). The Kier molecular flexibility index (Phi) is 4.15. The van der Waals surface area contributed by atoms with Crippen molar-refractivity contribution in [2.45, 2.75) is 32.5 Å². The predicted octanol–water partition coefficient (Wildman–Crippen LogP) is 2.84. The van der Waals surface area contributed by atoms with Gasteiger partial charge in [-0.2, -0.15) is 0 Å². The number of nitrogens with zero attached hydrogens (tertiary/aromatic N) is 1. The quantitative estimate of drug-likeness (QED) is 0.807. The van der Waals surface area contributed by atoms with Gasteiger partial charge < -0.3 is 19.7 Å². The van der Waals surface area contributed by atoms with Gasteiger partial charge in [0.05, 0.1) is 13.2 Å². The Hall–Kier alpha value is -1.17. The van der Waals surface area contributed by atoms with Crippen molar-refractivity contribution < 1.29 is 9.47 Å². The molecule has 5 heteroatoms. The summed E-state index contributed by atoms with van der Waals surface area (Å²) in [5.74, 6) is -0.342. The van der Waals surface area contributed by atoms with Crippen LogP contribution >= 0.6 is 12.2 Å². The third kappa shape index (κ3) is 3.20. The number of rotatable bonds is 1. The van der Waals surface area contributed by atoms with Gasteiger partial charge in [-0.25, -0.2) is 0 Å². The molecule has 2 fully saturated rings.